The summed E-state index contributed by atoms with van der Waals surface area (Å²) >= 11 is 0. The molecule has 0 aromatic carbocycles. The Labute approximate surface area is 86.7 Å². The summed E-state index contributed by atoms with van der Waals surface area (Å²) in [4.78, 5) is 11.5. The summed E-state index contributed by atoms with van der Waals surface area (Å²) in [7, 11) is 0. The van der Waals surface area contributed by atoms with Gasteiger partial charge >= 0.3 is 5.97 Å². The minimum absolute atomic E-state index is 0.215. The zero-order valence-electron chi connectivity index (χ0n) is 8.60. The molecule has 0 spiro atoms. The summed E-state index contributed by atoms with van der Waals surface area (Å²) in [6.07, 6.45) is 1.76. The number of pyridine rings is 1. The number of carbonyl (C=O) groups is 1. The van der Waals surface area contributed by atoms with Gasteiger partial charge in [0.1, 0.15) is 0 Å². The molecule has 0 N–H and O–H groups in total. The molecule has 0 aliphatic carbocycles. The molecule has 78 valence electrons. The number of carbonyl (C=O) groups excluding carboxylic acids is 1. The second kappa shape index (κ2) is 3.68. The Balaban J connectivity index is 2.49. The fourth-order valence-electron chi connectivity index (χ4n) is 1.33. The number of ether oxygens (including phenoxy) is 1. The normalized spacial score (nSPS) is 10.5. The van der Waals surface area contributed by atoms with Gasteiger partial charge in [-0.15, -0.1) is 10.2 Å². The van der Waals surface area contributed by atoms with Crippen molar-refractivity contribution in [3.05, 3.63) is 29.7 Å². The van der Waals surface area contributed by atoms with E-state index in [2.05, 4.69) is 10.2 Å². The van der Waals surface area contributed by atoms with Gasteiger partial charge < -0.3 is 4.74 Å². The monoisotopic (exact) mass is 205 g/mol. The maximum Gasteiger partial charge on any atom is 0.376 e. The van der Waals surface area contributed by atoms with E-state index >= 15 is 0 Å². The third-order valence-electron chi connectivity index (χ3n) is 2.02. The number of hydrogen-bond acceptors (Lipinski definition) is 4. The van der Waals surface area contributed by atoms with Gasteiger partial charge in [-0.05, 0) is 31.5 Å². The van der Waals surface area contributed by atoms with Gasteiger partial charge in [0.05, 0.1) is 6.61 Å². The van der Waals surface area contributed by atoms with Crippen molar-refractivity contribution in [1.82, 2.24) is 14.6 Å². The van der Waals surface area contributed by atoms with Crippen LogP contribution < -0.4 is 0 Å². The molecule has 15 heavy (non-hydrogen) atoms. The van der Waals surface area contributed by atoms with Crippen molar-refractivity contribution in [3.63, 3.8) is 0 Å². The van der Waals surface area contributed by atoms with Crippen LogP contribution in [0.2, 0.25) is 0 Å². The van der Waals surface area contributed by atoms with Crippen molar-refractivity contribution in [1.29, 1.82) is 0 Å². The Morgan fingerprint density at radius 2 is 2.33 bits per heavy atom. The van der Waals surface area contributed by atoms with Gasteiger partial charge in [-0.1, -0.05) is 0 Å². The molecule has 0 aliphatic rings. The molecule has 0 saturated carbocycles. The first-order valence-electron chi connectivity index (χ1n) is 4.71. The average Bonchev–Trinajstić information content (AvgIpc) is 2.60. The molecule has 5 nitrogen and oxygen atoms in total. The predicted molar refractivity (Wildman–Crippen MR) is 53.7 cm³/mol. The van der Waals surface area contributed by atoms with Gasteiger partial charge in [0, 0.05) is 6.20 Å². The maximum atomic E-state index is 11.5. The summed E-state index contributed by atoms with van der Waals surface area (Å²) < 4.78 is 6.48. The first-order chi connectivity index (χ1) is 7.22. The molecule has 2 aromatic heterocycles. The largest absolute Gasteiger partial charge is 0.460 e. The van der Waals surface area contributed by atoms with E-state index in [1.54, 1.807) is 17.5 Å². The number of esters is 1. The fraction of sp³-hybridized carbons (Fsp3) is 0.300. The van der Waals surface area contributed by atoms with Gasteiger partial charge in [-0.2, -0.15) is 0 Å². The second-order valence-corrected chi connectivity index (χ2v) is 3.18. The first kappa shape index (κ1) is 9.64. The van der Waals surface area contributed by atoms with Crippen LogP contribution in [0.15, 0.2) is 18.3 Å². The van der Waals surface area contributed by atoms with Gasteiger partial charge in [-0.3, -0.25) is 4.40 Å². The molecule has 2 aromatic rings. The predicted octanol–water partition coefficient (Wildman–Crippen LogP) is 1.21. The van der Waals surface area contributed by atoms with Crippen LogP contribution in [0.25, 0.3) is 5.65 Å². The Kier molecular flexibility index (Phi) is 2.37. The molecule has 2 heterocycles. The maximum absolute atomic E-state index is 11.5. The van der Waals surface area contributed by atoms with Crippen LogP contribution >= 0.6 is 0 Å². The van der Waals surface area contributed by atoms with Crippen molar-refractivity contribution < 1.29 is 9.53 Å². The smallest absolute Gasteiger partial charge is 0.376 e. The van der Waals surface area contributed by atoms with Crippen LogP contribution in [-0.4, -0.2) is 27.2 Å². The standard InChI is InChI=1S/C10H11N3O2/c1-3-15-10(14)9-12-11-8-6-7(2)4-5-13(8)9/h4-6H,3H2,1-2H3. The van der Waals surface area contributed by atoms with E-state index in [1.165, 1.54) is 0 Å². The third-order valence-corrected chi connectivity index (χ3v) is 2.02. The highest BCUT2D eigenvalue weighted by Crippen LogP contribution is 2.07. The zero-order chi connectivity index (χ0) is 10.8. The second-order valence-electron chi connectivity index (χ2n) is 3.18. The lowest BCUT2D eigenvalue weighted by Gasteiger charge is -1.99. The molecule has 0 saturated heterocycles. The molecule has 0 bridgehead atoms. The molecular weight excluding hydrogens is 194 g/mol. The van der Waals surface area contributed by atoms with Crippen LogP contribution in [-0.2, 0) is 4.74 Å². The van der Waals surface area contributed by atoms with Crippen molar-refractivity contribution >= 4 is 11.6 Å². The summed E-state index contributed by atoms with van der Waals surface area (Å²) in [5.41, 5.74) is 1.73. The first-order valence-corrected chi connectivity index (χ1v) is 4.71. The van der Waals surface area contributed by atoms with E-state index in [9.17, 15) is 4.79 Å². The minimum Gasteiger partial charge on any atom is -0.460 e. The molecule has 0 unspecified atom stereocenters. The topological polar surface area (TPSA) is 56.5 Å². The highest BCUT2D eigenvalue weighted by molar-refractivity contribution is 5.86. The van der Waals surface area contributed by atoms with Crippen molar-refractivity contribution in [3.8, 4) is 0 Å². The number of nitrogens with zero attached hydrogens (tertiary/aromatic N) is 3. The van der Waals surface area contributed by atoms with Crippen LogP contribution in [0.3, 0.4) is 0 Å². The van der Waals surface area contributed by atoms with Gasteiger partial charge in [-0.25, -0.2) is 4.79 Å². The lowest BCUT2D eigenvalue weighted by molar-refractivity contribution is 0.0510. The number of aromatic nitrogens is 3. The number of rotatable bonds is 2. The van der Waals surface area contributed by atoms with E-state index in [4.69, 9.17) is 4.74 Å². The minimum atomic E-state index is -0.450. The Bertz CT molecular complexity index is 504. The lowest BCUT2D eigenvalue weighted by Crippen LogP contribution is -2.09. The molecule has 0 fully saturated rings. The fourth-order valence-corrected chi connectivity index (χ4v) is 1.33. The SMILES string of the molecule is CCOC(=O)c1nnc2cc(C)ccn12. The highest BCUT2D eigenvalue weighted by atomic mass is 16.5. The molecule has 0 aliphatic heterocycles. The Morgan fingerprint density at radius 3 is 3.07 bits per heavy atom. The van der Waals surface area contributed by atoms with Crippen LogP contribution in [0.1, 0.15) is 23.1 Å². The third kappa shape index (κ3) is 1.68. The quantitative estimate of drug-likeness (QED) is 0.691. The number of fused-ring (bicyclic) bond motifs is 1. The molecule has 0 amide bonds. The van der Waals surface area contributed by atoms with E-state index in [0.717, 1.165) is 5.56 Å². The Morgan fingerprint density at radius 1 is 1.53 bits per heavy atom. The van der Waals surface area contributed by atoms with E-state index in [1.807, 2.05) is 19.1 Å². The average molecular weight is 205 g/mol. The highest BCUT2D eigenvalue weighted by Gasteiger charge is 2.14. The van der Waals surface area contributed by atoms with Crippen molar-refractivity contribution in [2.45, 2.75) is 13.8 Å². The summed E-state index contributed by atoms with van der Waals surface area (Å²) in [6, 6.07) is 3.74. The van der Waals surface area contributed by atoms with Gasteiger partial charge in [0.25, 0.3) is 0 Å². The van der Waals surface area contributed by atoms with Gasteiger partial charge in [0.2, 0.25) is 5.82 Å². The zero-order valence-corrected chi connectivity index (χ0v) is 8.60. The summed E-state index contributed by atoms with van der Waals surface area (Å²) in [5.74, 6) is -0.235. The summed E-state index contributed by atoms with van der Waals surface area (Å²) in [6.45, 7) is 4.05. The molecule has 0 atom stereocenters. The molecular formula is C10H11N3O2. The van der Waals surface area contributed by atoms with Crippen LogP contribution in [0.5, 0.6) is 0 Å². The molecule has 0 radical (unpaired) electrons. The summed E-state index contributed by atoms with van der Waals surface area (Å²) in [5, 5.41) is 7.69. The van der Waals surface area contributed by atoms with Crippen molar-refractivity contribution in [2.75, 3.05) is 6.61 Å². The van der Waals surface area contributed by atoms with Crippen molar-refractivity contribution in [2.24, 2.45) is 0 Å². The van der Waals surface area contributed by atoms with Gasteiger partial charge in [0.15, 0.2) is 5.65 Å². The number of aryl methyl sites for hydroxylation is 1. The van der Waals surface area contributed by atoms with Crippen LogP contribution in [0, 0.1) is 6.92 Å². The van der Waals surface area contributed by atoms with Crippen LogP contribution in [0.4, 0.5) is 0 Å². The molecule has 2 rings (SSSR count). The Hall–Kier alpha value is -1.91. The van der Waals surface area contributed by atoms with E-state index < -0.39 is 5.97 Å². The molecule has 5 heteroatoms. The van der Waals surface area contributed by atoms with E-state index in [0.29, 0.717) is 12.3 Å². The number of hydrogen-bond donors (Lipinski definition) is 0. The lowest BCUT2D eigenvalue weighted by atomic mass is 10.3. The van der Waals surface area contributed by atoms with E-state index in [-0.39, 0.29) is 5.82 Å².